The highest BCUT2D eigenvalue weighted by Crippen LogP contribution is 2.38. The summed E-state index contributed by atoms with van der Waals surface area (Å²) in [7, 11) is 0. The lowest BCUT2D eigenvalue weighted by atomic mass is 10.2. The van der Waals surface area contributed by atoms with Gasteiger partial charge in [-0.3, -0.25) is 23.5 Å². The summed E-state index contributed by atoms with van der Waals surface area (Å²) in [5, 5.41) is 1.16. The van der Waals surface area contributed by atoms with Crippen molar-refractivity contribution < 1.29 is 0 Å². The third-order valence-electron chi connectivity index (χ3n) is 6.95. The summed E-state index contributed by atoms with van der Waals surface area (Å²) in [5.74, 6) is 0.856. The Balaban J connectivity index is 1.53. The lowest BCUT2D eigenvalue weighted by Gasteiger charge is -2.07. The van der Waals surface area contributed by atoms with E-state index in [-0.39, 0.29) is 0 Å². The monoisotopic (exact) mass is 476 g/mol. The predicted molar refractivity (Wildman–Crippen MR) is 147 cm³/mol. The fourth-order valence-electron chi connectivity index (χ4n) is 5.37. The Hall–Kier alpha value is -5.23. The molecule has 0 saturated heterocycles. The van der Waals surface area contributed by atoms with Crippen LogP contribution in [-0.2, 0) is 0 Å². The Kier molecular flexibility index (Phi) is 4.13. The summed E-state index contributed by atoms with van der Waals surface area (Å²) in [4.78, 5) is 14.3. The number of rotatable bonds is 3. The molecule has 0 N–H and O–H groups in total. The molecule has 0 amide bonds. The number of aromatic nitrogens is 6. The molecule has 0 unspecified atom stereocenters. The zero-order valence-electron chi connectivity index (χ0n) is 19.7. The highest BCUT2D eigenvalue weighted by molar-refractivity contribution is 6.10. The third-order valence-corrected chi connectivity index (χ3v) is 6.95. The first-order valence-electron chi connectivity index (χ1n) is 12.2. The Morgan fingerprint density at radius 1 is 0.541 bits per heavy atom. The van der Waals surface area contributed by atoms with E-state index in [1.165, 1.54) is 0 Å². The zero-order valence-corrected chi connectivity index (χ0v) is 19.7. The van der Waals surface area contributed by atoms with Gasteiger partial charge in [-0.25, -0.2) is 4.98 Å². The van der Waals surface area contributed by atoms with Gasteiger partial charge in [0.25, 0.3) is 0 Å². The lowest BCUT2D eigenvalue weighted by Crippen LogP contribution is -1.98. The molecule has 0 aliphatic heterocycles. The molecule has 37 heavy (non-hydrogen) atoms. The second-order valence-corrected chi connectivity index (χ2v) is 9.05. The van der Waals surface area contributed by atoms with Gasteiger partial charge in [0.05, 0.1) is 39.8 Å². The number of fused-ring (bicyclic) bond motifs is 7. The van der Waals surface area contributed by atoms with Crippen LogP contribution in [0, 0.1) is 0 Å². The Morgan fingerprint density at radius 2 is 1.30 bits per heavy atom. The van der Waals surface area contributed by atoms with Crippen molar-refractivity contribution in [2.24, 2.45) is 0 Å². The second-order valence-electron chi connectivity index (χ2n) is 9.05. The summed E-state index contributed by atoms with van der Waals surface area (Å²) >= 11 is 0. The number of nitrogens with zero attached hydrogens (tertiary/aromatic N) is 6. The molecule has 0 spiro atoms. The van der Waals surface area contributed by atoms with Crippen LogP contribution < -0.4 is 0 Å². The van der Waals surface area contributed by atoms with Crippen LogP contribution in [0.4, 0.5) is 0 Å². The van der Waals surface area contributed by atoms with Crippen LogP contribution in [-0.4, -0.2) is 28.5 Å². The second kappa shape index (κ2) is 7.63. The summed E-state index contributed by atoms with van der Waals surface area (Å²) in [6, 6.07) is 37.4. The molecule has 6 heteroatoms. The molecule has 174 valence electrons. The molecule has 8 rings (SSSR count). The van der Waals surface area contributed by atoms with Gasteiger partial charge in [0.1, 0.15) is 5.52 Å². The van der Waals surface area contributed by atoms with Gasteiger partial charge in [-0.2, -0.15) is 0 Å². The van der Waals surface area contributed by atoms with Crippen LogP contribution in [0.15, 0.2) is 122 Å². The van der Waals surface area contributed by atoms with Gasteiger partial charge in [0, 0.05) is 17.3 Å². The van der Waals surface area contributed by atoms with E-state index in [1.807, 2.05) is 36.5 Å². The highest BCUT2D eigenvalue weighted by atomic mass is 15.3. The summed E-state index contributed by atoms with van der Waals surface area (Å²) in [6.45, 7) is 0. The van der Waals surface area contributed by atoms with Gasteiger partial charge < -0.3 is 0 Å². The van der Waals surface area contributed by atoms with E-state index in [4.69, 9.17) is 9.97 Å². The molecule has 0 aliphatic carbocycles. The first-order valence-corrected chi connectivity index (χ1v) is 12.2. The van der Waals surface area contributed by atoms with Crippen molar-refractivity contribution in [1.29, 1.82) is 0 Å². The summed E-state index contributed by atoms with van der Waals surface area (Å²) in [5.41, 5.74) is 9.08. The van der Waals surface area contributed by atoms with Gasteiger partial charge in [0.15, 0.2) is 5.65 Å². The van der Waals surface area contributed by atoms with E-state index in [0.717, 1.165) is 61.6 Å². The van der Waals surface area contributed by atoms with Crippen molar-refractivity contribution in [3.05, 3.63) is 122 Å². The Bertz CT molecular complexity index is 2060. The fraction of sp³-hybridized carbons (Fsp3) is 0. The Morgan fingerprint density at radius 3 is 2.11 bits per heavy atom. The molecule has 8 aromatic rings. The number of pyridine rings is 2. The van der Waals surface area contributed by atoms with Crippen LogP contribution in [0.1, 0.15) is 0 Å². The van der Waals surface area contributed by atoms with Crippen molar-refractivity contribution in [1.82, 2.24) is 28.5 Å². The van der Waals surface area contributed by atoms with Crippen LogP contribution >= 0.6 is 0 Å². The minimum atomic E-state index is 0.837. The molecule has 0 bridgehead atoms. The van der Waals surface area contributed by atoms with E-state index in [1.54, 1.807) is 6.20 Å². The largest absolute Gasteiger partial charge is 0.294 e. The molecular weight excluding hydrogens is 456 g/mol. The maximum absolute atomic E-state index is 5.10. The molecule has 3 aromatic carbocycles. The fourth-order valence-corrected chi connectivity index (χ4v) is 5.37. The maximum atomic E-state index is 5.10. The molecule has 5 heterocycles. The number of benzene rings is 3. The van der Waals surface area contributed by atoms with Crippen LogP contribution in [0.25, 0.3) is 61.6 Å². The quantitative estimate of drug-likeness (QED) is 0.281. The molecule has 0 saturated carbocycles. The van der Waals surface area contributed by atoms with E-state index in [2.05, 4.69) is 97.4 Å². The normalized spacial score (nSPS) is 11.8. The molecule has 5 aromatic heterocycles. The third kappa shape index (κ3) is 2.84. The lowest BCUT2D eigenvalue weighted by molar-refractivity contribution is 1.08. The van der Waals surface area contributed by atoms with Crippen molar-refractivity contribution in [2.75, 3.05) is 0 Å². The van der Waals surface area contributed by atoms with E-state index in [9.17, 15) is 0 Å². The van der Waals surface area contributed by atoms with E-state index in [0.29, 0.717) is 0 Å². The number of imidazole rings is 2. The van der Waals surface area contributed by atoms with E-state index < -0.39 is 0 Å². The van der Waals surface area contributed by atoms with Crippen LogP contribution in [0.3, 0.4) is 0 Å². The summed E-state index contributed by atoms with van der Waals surface area (Å²) < 4.78 is 6.83. The molecule has 0 fully saturated rings. The topological polar surface area (TPSA) is 52.9 Å². The highest BCUT2D eigenvalue weighted by Gasteiger charge is 2.24. The van der Waals surface area contributed by atoms with Crippen molar-refractivity contribution in [3.63, 3.8) is 0 Å². The molecule has 0 radical (unpaired) electrons. The molecule has 6 nitrogen and oxygen atoms in total. The van der Waals surface area contributed by atoms with Gasteiger partial charge in [-0.15, -0.1) is 0 Å². The number of para-hydroxylation sites is 4. The average molecular weight is 477 g/mol. The molecular formula is C31H20N6. The minimum Gasteiger partial charge on any atom is -0.294 e. The number of hydrogen-bond donors (Lipinski definition) is 0. The van der Waals surface area contributed by atoms with Crippen LogP contribution in [0.2, 0.25) is 0 Å². The molecule has 0 atom stereocenters. The first kappa shape index (κ1) is 20.0. The minimum absolute atomic E-state index is 0.837. The maximum Gasteiger partial charge on any atom is 0.221 e. The predicted octanol–water partition coefficient (Wildman–Crippen LogP) is 6.83. The smallest absolute Gasteiger partial charge is 0.221 e. The van der Waals surface area contributed by atoms with Crippen LogP contribution in [0.5, 0.6) is 0 Å². The Labute approximate surface area is 211 Å². The van der Waals surface area contributed by atoms with Gasteiger partial charge >= 0.3 is 0 Å². The van der Waals surface area contributed by atoms with Crippen molar-refractivity contribution in [3.8, 4) is 22.8 Å². The zero-order chi connectivity index (χ0) is 24.3. The summed E-state index contributed by atoms with van der Waals surface area (Å²) in [6.07, 6.45) is 3.70. The average Bonchev–Trinajstić information content (AvgIpc) is 3.60. The van der Waals surface area contributed by atoms with Gasteiger partial charge in [-0.05, 0) is 54.6 Å². The van der Waals surface area contributed by atoms with E-state index >= 15 is 0 Å². The number of hydrogen-bond acceptors (Lipinski definition) is 3. The van der Waals surface area contributed by atoms with Gasteiger partial charge in [-0.1, -0.05) is 54.6 Å². The SMILES string of the molecule is c1ccc(-n2c3ccccc3c3c2n2c4ccccc4nc2n3-c2ccc(-c3ccccn3)nc2)cc1. The molecule has 0 aliphatic rings. The van der Waals surface area contributed by atoms with Crippen molar-refractivity contribution >= 4 is 38.9 Å². The standard InChI is InChI=1S/C31H20N6/c1-2-10-21(11-3-1)35-27-15-6-4-12-23(27)29-30(35)37-28-16-7-5-14-26(28)34-31(37)36(29)22-17-18-25(33-20-22)24-13-8-9-19-32-24/h1-20H. The van der Waals surface area contributed by atoms with Gasteiger partial charge in [0.2, 0.25) is 5.78 Å². The first-order chi connectivity index (χ1) is 18.4. The van der Waals surface area contributed by atoms with Crippen molar-refractivity contribution in [2.45, 2.75) is 0 Å².